The summed E-state index contributed by atoms with van der Waals surface area (Å²) in [6, 6.07) is 8.85. The van der Waals surface area contributed by atoms with Crippen LogP contribution < -0.4 is 0 Å². The fourth-order valence-electron chi connectivity index (χ4n) is 4.28. The first-order chi connectivity index (χ1) is 13.2. The second kappa shape index (κ2) is 8.14. The number of aliphatic carboxylic acids is 1. The van der Waals surface area contributed by atoms with Crippen LogP contribution in [0.2, 0.25) is 0 Å². The molecule has 2 fully saturated rings. The second-order valence-electron chi connectivity index (χ2n) is 7.61. The van der Waals surface area contributed by atoms with Crippen molar-refractivity contribution in [3.63, 3.8) is 0 Å². The number of carboxylic acid groups (broad SMARTS) is 1. The zero-order chi connectivity index (χ0) is 18.6. The predicted octanol–water partition coefficient (Wildman–Crippen LogP) is 1.63. The van der Waals surface area contributed by atoms with Gasteiger partial charge in [-0.3, -0.25) is 14.6 Å². The minimum Gasteiger partial charge on any atom is -0.481 e. The highest BCUT2D eigenvalue weighted by atomic mass is 16.4. The Morgan fingerprint density at radius 2 is 1.93 bits per heavy atom. The molecule has 3 heterocycles. The first-order valence-electron chi connectivity index (χ1n) is 9.71. The summed E-state index contributed by atoms with van der Waals surface area (Å²) in [6.45, 7) is 4.83. The van der Waals surface area contributed by atoms with Gasteiger partial charge in [0.1, 0.15) is 0 Å². The highest BCUT2D eigenvalue weighted by Gasteiger charge is 2.31. The lowest BCUT2D eigenvalue weighted by atomic mass is 9.94. The SMILES string of the molecule is O=C(O)C1CCCN(C2CCN(Cc3ccc(-c4nn[nH]n4)cc3)CC2)C1. The zero-order valence-electron chi connectivity index (χ0n) is 15.4. The van der Waals surface area contributed by atoms with Crippen molar-refractivity contribution in [3.8, 4) is 11.4 Å². The monoisotopic (exact) mass is 370 g/mol. The Morgan fingerprint density at radius 1 is 1.15 bits per heavy atom. The van der Waals surface area contributed by atoms with Crippen LogP contribution in [-0.2, 0) is 11.3 Å². The molecule has 8 nitrogen and oxygen atoms in total. The number of rotatable bonds is 5. The van der Waals surface area contributed by atoms with Crippen LogP contribution in [0, 0.1) is 5.92 Å². The van der Waals surface area contributed by atoms with E-state index in [1.807, 2.05) is 12.1 Å². The van der Waals surface area contributed by atoms with Gasteiger partial charge in [0.15, 0.2) is 0 Å². The van der Waals surface area contributed by atoms with Crippen molar-refractivity contribution in [1.29, 1.82) is 0 Å². The molecular weight excluding hydrogens is 344 g/mol. The second-order valence-corrected chi connectivity index (χ2v) is 7.61. The summed E-state index contributed by atoms with van der Waals surface area (Å²) >= 11 is 0. The first kappa shape index (κ1) is 18.1. The molecule has 2 aromatic rings. The van der Waals surface area contributed by atoms with Crippen LogP contribution >= 0.6 is 0 Å². The van der Waals surface area contributed by atoms with Crippen LogP contribution in [0.5, 0.6) is 0 Å². The predicted molar refractivity (Wildman–Crippen MR) is 99.8 cm³/mol. The van der Waals surface area contributed by atoms with Gasteiger partial charge in [0.25, 0.3) is 0 Å². The molecule has 27 heavy (non-hydrogen) atoms. The lowest BCUT2D eigenvalue weighted by Gasteiger charge is -2.41. The minimum atomic E-state index is -0.638. The van der Waals surface area contributed by atoms with Crippen molar-refractivity contribution < 1.29 is 9.90 Å². The number of aromatic amines is 1. The van der Waals surface area contributed by atoms with Crippen LogP contribution in [0.3, 0.4) is 0 Å². The molecule has 0 aliphatic carbocycles. The van der Waals surface area contributed by atoms with Crippen LogP contribution in [0.4, 0.5) is 0 Å². The molecule has 1 aromatic carbocycles. The van der Waals surface area contributed by atoms with E-state index in [1.165, 1.54) is 5.56 Å². The van der Waals surface area contributed by atoms with Gasteiger partial charge in [-0.25, -0.2) is 0 Å². The maximum atomic E-state index is 11.3. The molecule has 0 saturated carbocycles. The molecular formula is C19H26N6O2. The molecule has 2 N–H and O–H groups in total. The smallest absolute Gasteiger partial charge is 0.307 e. The van der Waals surface area contributed by atoms with Gasteiger partial charge in [0.05, 0.1) is 5.92 Å². The molecule has 4 rings (SSSR count). The number of nitrogens with one attached hydrogen (secondary N) is 1. The molecule has 144 valence electrons. The van der Waals surface area contributed by atoms with Gasteiger partial charge in [0.2, 0.25) is 5.82 Å². The molecule has 0 spiro atoms. The molecule has 2 aliphatic heterocycles. The molecule has 2 saturated heterocycles. The Bertz CT molecular complexity index is 740. The van der Waals surface area contributed by atoms with Gasteiger partial charge in [-0.1, -0.05) is 24.3 Å². The van der Waals surface area contributed by atoms with Gasteiger partial charge in [-0.05, 0) is 56.1 Å². The zero-order valence-corrected chi connectivity index (χ0v) is 15.4. The Kier molecular flexibility index (Phi) is 5.45. The number of H-pyrrole nitrogens is 1. The van der Waals surface area contributed by atoms with E-state index >= 15 is 0 Å². The number of tetrazole rings is 1. The van der Waals surface area contributed by atoms with Crippen molar-refractivity contribution in [2.45, 2.75) is 38.3 Å². The lowest BCUT2D eigenvalue weighted by molar-refractivity contribution is -0.144. The number of likely N-dealkylation sites (tertiary alicyclic amines) is 2. The van der Waals surface area contributed by atoms with E-state index in [9.17, 15) is 9.90 Å². The van der Waals surface area contributed by atoms with Crippen molar-refractivity contribution in [2.24, 2.45) is 5.92 Å². The van der Waals surface area contributed by atoms with Gasteiger partial charge in [-0.15, -0.1) is 10.2 Å². The van der Waals surface area contributed by atoms with Crippen molar-refractivity contribution in [1.82, 2.24) is 30.4 Å². The minimum absolute atomic E-state index is 0.186. The van der Waals surface area contributed by atoms with Crippen molar-refractivity contribution >= 4 is 5.97 Å². The molecule has 0 bridgehead atoms. The standard InChI is InChI=1S/C19H26N6O2/c26-19(27)16-2-1-9-25(13-16)17-7-10-24(11-8-17)12-14-3-5-15(6-4-14)18-20-22-23-21-18/h3-6,16-17H,1-2,7-13H2,(H,26,27)(H,20,21,22,23). The van der Waals surface area contributed by atoms with Crippen LogP contribution in [0.15, 0.2) is 24.3 Å². The van der Waals surface area contributed by atoms with Gasteiger partial charge >= 0.3 is 5.97 Å². The number of hydrogen-bond acceptors (Lipinski definition) is 6. The number of piperidine rings is 2. The van der Waals surface area contributed by atoms with Crippen LogP contribution in [0.1, 0.15) is 31.2 Å². The normalized spacial score (nSPS) is 22.7. The fourth-order valence-corrected chi connectivity index (χ4v) is 4.28. The molecule has 1 aromatic heterocycles. The number of benzene rings is 1. The molecule has 1 atom stereocenters. The highest BCUT2D eigenvalue weighted by Crippen LogP contribution is 2.25. The van der Waals surface area contributed by atoms with E-state index < -0.39 is 5.97 Å². The first-order valence-corrected chi connectivity index (χ1v) is 9.71. The fraction of sp³-hybridized carbons (Fsp3) is 0.579. The Morgan fingerprint density at radius 3 is 2.59 bits per heavy atom. The van der Waals surface area contributed by atoms with E-state index in [2.05, 4.69) is 42.6 Å². The summed E-state index contributed by atoms with van der Waals surface area (Å²) in [5.74, 6) is -0.209. The van der Waals surface area contributed by atoms with Crippen molar-refractivity contribution in [2.75, 3.05) is 26.2 Å². The molecule has 8 heteroatoms. The molecule has 0 amide bonds. The third-order valence-electron chi connectivity index (χ3n) is 5.84. The van der Waals surface area contributed by atoms with E-state index in [4.69, 9.17) is 0 Å². The van der Waals surface area contributed by atoms with E-state index in [0.717, 1.165) is 64.0 Å². The number of aromatic nitrogens is 4. The largest absolute Gasteiger partial charge is 0.481 e. The number of nitrogens with zero attached hydrogens (tertiary/aromatic N) is 5. The van der Waals surface area contributed by atoms with Crippen LogP contribution in [-0.4, -0.2) is 73.7 Å². The quantitative estimate of drug-likeness (QED) is 0.825. The highest BCUT2D eigenvalue weighted by molar-refractivity contribution is 5.70. The molecule has 1 unspecified atom stereocenters. The average Bonchev–Trinajstić information content (AvgIpc) is 3.24. The summed E-state index contributed by atoms with van der Waals surface area (Å²) in [5.41, 5.74) is 2.24. The van der Waals surface area contributed by atoms with E-state index in [1.54, 1.807) is 0 Å². The van der Waals surface area contributed by atoms with Gasteiger partial charge < -0.3 is 5.11 Å². The Balaban J connectivity index is 1.27. The maximum absolute atomic E-state index is 11.3. The summed E-state index contributed by atoms with van der Waals surface area (Å²) in [7, 11) is 0. The Labute approximate surface area is 158 Å². The summed E-state index contributed by atoms with van der Waals surface area (Å²) in [6.07, 6.45) is 4.06. The number of hydrogen-bond donors (Lipinski definition) is 2. The van der Waals surface area contributed by atoms with Crippen LogP contribution in [0.25, 0.3) is 11.4 Å². The lowest BCUT2D eigenvalue weighted by Crippen LogP contribution is -2.49. The summed E-state index contributed by atoms with van der Waals surface area (Å²) < 4.78 is 0. The third-order valence-corrected chi connectivity index (χ3v) is 5.84. The summed E-state index contributed by atoms with van der Waals surface area (Å²) in [4.78, 5) is 16.2. The number of carboxylic acids is 1. The maximum Gasteiger partial charge on any atom is 0.307 e. The Hall–Kier alpha value is -2.32. The topological polar surface area (TPSA) is 98.2 Å². The summed E-state index contributed by atoms with van der Waals surface area (Å²) in [5, 5.41) is 23.4. The average molecular weight is 370 g/mol. The van der Waals surface area contributed by atoms with Gasteiger partial charge in [0, 0.05) is 24.7 Å². The molecule has 2 aliphatic rings. The third kappa shape index (κ3) is 4.33. The van der Waals surface area contributed by atoms with Crippen molar-refractivity contribution in [3.05, 3.63) is 29.8 Å². The number of carbonyl (C=O) groups is 1. The van der Waals surface area contributed by atoms with Gasteiger partial charge in [-0.2, -0.15) is 5.21 Å². The molecule has 0 radical (unpaired) electrons. The van der Waals surface area contributed by atoms with E-state index in [0.29, 0.717) is 11.9 Å². The van der Waals surface area contributed by atoms with E-state index in [-0.39, 0.29) is 5.92 Å².